The molecule has 3 amide bonds. The van der Waals surface area contributed by atoms with Crippen molar-refractivity contribution in [3.05, 3.63) is 89.5 Å². The molecule has 0 aliphatic carbocycles. The average molecular weight is 764 g/mol. The number of amides is 3. The van der Waals surface area contributed by atoms with Crippen molar-refractivity contribution in [2.45, 2.75) is 57.0 Å². The van der Waals surface area contributed by atoms with Crippen LogP contribution in [0.2, 0.25) is 0 Å². The van der Waals surface area contributed by atoms with Crippen LogP contribution in [0, 0.1) is 0 Å². The SMILES string of the molecule is BNc1ccc(COC(=O)N2c3cc(OCCCCCOc4cc5c(cc4OC)C(=O)N4CC(=C)CC4C=N5)c(OC)cc3C(=O)N3CC(=C)C[C@H]3[C@@H]2O)cc1. The van der Waals surface area contributed by atoms with E-state index in [1.54, 1.807) is 35.4 Å². The van der Waals surface area contributed by atoms with E-state index in [9.17, 15) is 19.5 Å². The number of ether oxygens (including phenoxy) is 5. The van der Waals surface area contributed by atoms with Gasteiger partial charge >= 0.3 is 6.09 Å². The zero-order valence-corrected chi connectivity index (χ0v) is 31.9. The summed E-state index contributed by atoms with van der Waals surface area (Å²) in [7, 11) is 4.83. The lowest BCUT2D eigenvalue weighted by Gasteiger charge is -2.31. The number of aliphatic hydroxyl groups is 1. The number of nitrogens with zero attached hydrogens (tertiary/aromatic N) is 4. The minimum atomic E-state index is -1.40. The van der Waals surface area contributed by atoms with Crippen LogP contribution in [0.3, 0.4) is 0 Å². The maximum absolute atomic E-state index is 13.9. The summed E-state index contributed by atoms with van der Waals surface area (Å²) < 4.78 is 29.2. The number of carbonyl (C=O) groups is 3. The van der Waals surface area contributed by atoms with Gasteiger partial charge in [-0.1, -0.05) is 36.4 Å². The third kappa shape index (κ3) is 7.63. The standard InChI is InChI=1S/C41H46BN5O9/c1-24-14-28-20-43-31-18-36(34(52-3)16-29(31)38(48)45(28)21-24)54-12-6-5-7-13-55-37-19-32-30(17-35(37)53-4)39(49)46-22-25(2)15-33(46)40(50)47(32)41(51)56-23-26-8-10-27(44-42)11-9-26/h8-11,16-20,28,33,40,44,50H,1-2,5-7,12-15,21-23,42H2,3-4H3/t28?,33-,40-/m0/s1. The van der Waals surface area contributed by atoms with Crippen molar-refractivity contribution < 1.29 is 43.2 Å². The van der Waals surface area contributed by atoms with Gasteiger partial charge in [0.05, 0.1) is 62.0 Å². The van der Waals surface area contributed by atoms with Crippen molar-refractivity contribution in [1.82, 2.24) is 9.80 Å². The second-order valence-corrected chi connectivity index (χ2v) is 14.3. The van der Waals surface area contributed by atoms with Gasteiger partial charge in [0, 0.05) is 37.1 Å². The summed E-state index contributed by atoms with van der Waals surface area (Å²) in [6.45, 7) is 9.50. The van der Waals surface area contributed by atoms with Crippen LogP contribution < -0.4 is 29.1 Å². The topological polar surface area (TPSA) is 152 Å². The van der Waals surface area contributed by atoms with Crippen molar-refractivity contribution in [1.29, 1.82) is 0 Å². The van der Waals surface area contributed by atoms with Crippen molar-refractivity contribution >= 4 is 49.2 Å². The van der Waals surface area contributed by atoms with E-state index in [0.717, 1.165) is 33.7 Å². The Morgan fingerprint density at radius 3 is 2.16 bits per heavy atom. The fourth-order valence-corrected chi connectivity index (χ4v) is 7.52. The summed E-state index contributed by atoms with van der Waals surface area (Å²) in [5, 5.41) is 14.7. The summed E-state index contributed by atoms with van der Waals surface area (Å²) in [6, 6.07) is 13.1. The molecule has 3 atom stereocenters. The predicted octanol–water partition coefficient (Wildman–Crippen LogP) is 5.02. The van der Waals surface area contributed by atoms with E-state index in [1.807, 2.05) is 32.2 Å². The van der Waals surface area contributed by atoms with Crippen LogP contribution in [0.1, 0.15) is 58.4 Å². The molecule has 4 aliphatic heterocycles. The minimum absolute atomic E-state index is 0.0392. The van der Waals surface area contributed by atoms with E-state index in [1.165, 1.54) is 19.1 Å². The third-order valence-electron chi connectivity index (χ3n) is 10.5. The normalized spacial score (nSPS) is 19.8. The van der Waals surface area contributed by atoms with E-state index in [2.05, 4.69) is 23.4 Å². The van der Waals surface area contributed by atoms with Gasteiger partial charge in [-0.05, 0) is 61.9 Å². The Kier molecular flexibility index (Phi) is 11.2. The molecule has 4 aliphatic rings. The molecule has 0 bridgehead atoms. The lowest BCUT2D eigenvalue weighted by Crippen LogP contribution is -2.50. The number of hydrogen-bond acceptors (Lipinski definition) is 11. The number of benzene rings is 3. The molecule has 2 N–H and O–H groups in total. The molecule has 0 saturated carbocycles. The molecule has 0 radical (unpaired) electrons. The smallest absolute Gasteiger partial charge is 0.416 e. The first kappa shape index (κ1) is 38.3. The quantitative estimate of drug-likeness (QED) is 0.138. The van der Waals surface area contributed by atoms with Gasteiger partial charge in [-0.25, -0.2) is 9.69 Å². The number of nitrogens with one attached hydrogen (secondary N) is 1. The van der Waals surface area contributed by atoms with Crippen LogP contribution in [-0.4, -0.2) is 106 Å². The summed E-state index contributed by atoms with van der Waals surface area (Å²) in [5.41, 5.74) is 4.79. The van der Waals surface area contributed by atoms with Gasteiger partial charge in [-0.15, -0.1) is 0 Å². The van der Waals surface area contributed by atoms with Crippen LogP contribution in [0.5, 0.6) is 23.0 Å². The number of carbonyl (C=O) groups excluding carboxylic acids is 3. The zero-order chi connectivity index (χ0) is 39.5. The Labute approximate surface area is 326 Å². The molecular formula is C41H46BN5O9. The number of methoxy groups -OCH3 is 2. The summed E-state index contributed by atoms with van der Waals surface area (Å²) in [4.78, 5) is 50.0. The molecule has 2 saturated heterocycles. The Morgan fingerprint density at radius 1 is 0.857 bits per heavy atom. The minimum Gasteiger partial charge on any atom is -0.493 e. The molecule has 3 aromatic rings. The fourth-order valence-electron chi connectivity index (χ4n) is 7.52. The predicted molar refractivity (Wildman–Crippen MR) is 213 cm³/mol. The number of unbranched alkanes of at least 4 members (excludes halogenated alkanes) is 2. The van der Waals surface area contributed by atoms with Gasteiger partial charge in [0.25, 0.3) is 11.8 Å². The highest BCUT2D eigenvalue weighted by Crippen LogP contribution is 2.42. The summed E-state index contributed by atoms with van der Waals surface area (Å²) >= 11 is 0. The first-order chi connectivity index (χ1) is 27.1. The number of hydrogen-bond donors (Lipinski definition) is 2. The van der Waals surface area contributed by atoms with Crippen molar-refractivity contribution in [3.8, 4) is 23.0 Å². The molecule has 14 nitrogen and oxygen atoms in total. The van der Waals surface area contributed by atoms with E-state index in [4.69, 9.17) is 23.7 Å². The van der Waals surface area contributed by atoms with Gasteiger partial charge in [-0.2, -0.15) is 0 Å². The van der Waals surface area contributed by atoms with E-state index >= 15 is 0 Å². The molecule has 0 spiro atoms. The largest absolute Gasteiger partial charge is 0.493 e. The number of fused-ring (bicyclic) bond motifs is 4. The first-order valence-corrected chi connectivity index (χ1v) is 18.7. The first-order valence-electron chi connectivity index (χ1n) is 18.7. The zero-order valence-electron chi connectivity index (χ0n) is 31.9. The number of rotatable bonds is 13. The van der Waals surface area contributed by atoms with E-state index < -0.39 is 18.4 Å². The lowest BCUT2D eigenvalue weighted by molar-refractivity contribution is 0.0485. The van der Waals surface area contributed by atoms with Crippen LogP contribution in [0.25, 0.3) is 0 Å². The lowest BCUT2D eigenvalue weighted by atomic mass is 10.1. The highest BCUT2D eigenvalue weighted by Gasteiger charge is 2.46. The molecule has 56 heavy (non-hydrogen) atoms. The molecule has 3 aromatic carbocycles. The highest BCUT2D eigenvalue weighted by molar-refractivity contribution is 6.15. The highest BCUT2D eigenvalue weighted by atomic mass is 16.6. The monoisotopic (exact) mass is 763 g/mol. The van der Waals surface area contributed by atoms with E-state index in [0.29, 0.717) is 79.7 Å². The Balaban J connectivity index is 1.00. The van der Waals surface area contributed by atoms with Crippen LogP contribution in [0.4, 0.5) is 21.9 Å². The van der Waals surface area contributed by atoms with Crippen molar-refractivity contribution in [3.63, 3.8) is 0 Å². The molecule has 2 fully saturated rings. The molecule has 4 heterocycles. The van der Waals surface area contributed by atoms with Crippen LogP contribution in [0.15, 0.2) is 77.8 Å². The van der Waals surface area contributed by atoms with Crippen LogP contribution >= 0.6 is 0 Å². The molecule has 1 unspecified atom stereocenters. The van der Waals surface area contributed by atoms with Crippen LogP contribution in [-0.2, 0) is 11.3 Å². The molecule has 15 heteroatoms. The second-order valence-electron chi connectivity index (χ2n) is 14.3. The number of anilines is 2. The van der Waals surface area contributed by atoms with Gasteiger partial charge in [0.1, 0.15) is 6.61 Å². The Bertz CT molecular complexity index is 2070. The summed E-state index contributed by atoms with van der Waals surface area (Å²) in [6.07, 6.45) is 2.74. The molecular weight excluding hydrogens is 717 g/mol. The maximum Gasteiger partial charge on any atom is 0.416 e. The average Bonchev–Trinajstić information content (AvgIpc) is 3.74. The van der Waals surface area contributed by atoms with Crippen molar-refractivity contribution in [2.24, 2.45) is 4.99 Å². The summed E-state index contributed by atoms with van der Waals surface area (Å²) in [5.74, 6) is 1.12. The number of aliphatic imine (C=N–C) groups is 1. The third-order valence-corrected chi connectivity index (χ3v) is 10.5. The van der Waals surface area contributed by atoms with Crippen molar-refractivity contribution in [2.75, 3.05) is 50.7 Å². The van der Waals surface area contributed by atoms with Gasteiger partial charge in [-0.3, -0.25) is 14.6 Å². The Morgan fingerprint density at radius 2 is 1.48 bits per heavy atom. The van der Waals surface area contributed by atoms with E-state index in [-0.39, 0.29) is 42.3 Å². The maximum atomic E-state index is 13.9. The molecule has 0 aromatic heterocycles. The Hall–Kier alpha value is -5.96. The van der Waals surface area contributed by atoms with Gasteiger partial charge in [0.2, 0.25) is 7.98 Å². The number of aliphatic hydroxyl groups excluding tert-OH is 1. The molecule has 7 rings (SSSR count). The molecule has 292 valence electrons. The second kappa shape index (κ2) is 16.4. The fraction of sp³-hybridized carbons (Fsp3) is 0.366. The van der Waals surface area contributed by atoms with Gasteiger partial charge < -0.3 is 43.8 Å². The van der Waals surface area contributed by atoms with Gasteiger partial charge in [0.15, 0.2) is 29.2 Å².